The number of amides is 1. The molecule has 1 heterocycles. The first-order valence-corrected chi connectivity index (χ1v) is 8.43. The highest BCUT2D eigenvalue weighted by Crippen LogP contribution is 2.16. The summed E-state index contributed by atoms with van der Waals surface area (Å²) in [7, 11) is -0.845. The standard InChI is InChI=1S/C13H17NO3S2/c1-10(6-9-19(2)17)14-13(16)12-11(4-3-7-15)5-8-18-12/h5,8,10,15H,6-7,9H2,1-2H3,(H,14,16). The van der Waals surface area contributed by atoms with Crippen molar-refractivity contribution in [2.75, 3.05) is 18.6 Å². The SMILES string of the molecule is CC(CCS(C)=O)NC(=O)c1sccc1C#CCO. The van der Waals surface area contributed by atoms with Gasteiger partial charge in [0.15, 0.2) is 0 Å². The van der Waals surface area contributed by atoms with E-state index < -0.39 is 10.8 Å². The Hall–Kier alpha value is -1.16. The van der Waals surface area contributed by atoms with Gasteiger partial charge in [-0.3, -0.25) is 9.00 Å². The third-order valence-corrected chi connectivity index (χ3v) is 4.11. The summed E-state index contributed by atoms with van der Waals surface area (Å²) in [5.41, 5.74) is 0.628. The summed E-state index contributed by atoms with van der Waals surface area (Å²) in [4.78, 5) is 12.6. The van der Waals surface area contributed by atoms with E-state index in [-0.39, 0.29) is 18.6 Å². The number of rotatable bonds is 5. The Morgan fingerprint density at radius 2 is 2.37 bits per heavy atom. The van der Waals surface area contributed by atoms with Gasteiger partial charge >= 0.3 is 0 Å². The summed E-state index contributed by atoms with van der Waals surface area (Å²) in [6, 6.07) is 1.73. The van der Waals surface area contributed by atoms with Crippen molar-refractivity contribution >= 4 is 28.0 Å². The van der Waals surface area contributed by atoms with Crippen molar-refractivity contribution in [3.63, 3.8) is 0 Å². The minimum absolute atomic E-state index is 0.0304. The first kappa shape index (κ1) is 15.9. The molecule has 1 amide bonds. The first-order valence-electron chi connectivity index (χ1n) is 5.82. The maximum Gasteiger partial charge on any atom is 0.262 e. The second-order valence-corrected chi connectivity index (χ2v) is 6.53. The van der Waals surface area contributed by atoms with E-state index in [1.54, 1.807) is 17.7 Å². The molecule has 0 aliphatic carbocycles. The van der Waals surface area contributed by atoms with Gasteiger partial charge in [0, 0.05) is 34.4 Å². The van der Waals surface area contributed by atoms with Crippen molar-refractivity contribution in [3.8, 4) is 11.8 Å². The summed E-state index contributed by atoms with van der Waals surface area (Å²) >= 11 is 1.32. The van der Waals surface area contributed by atoms with E-state index in [0.717, 1.165) is 0 Å². The fourth-order valence-electron chi connectivity index (χ4n) is 1.42. The molecule has 2 atom stereocenters. The number of aliphatic hydroxyl groups is 1. The molecule has 1 aromatic rings. The molecular formula is C13H17NO3S2. The van der Waals surface area contributed by atoms with Crippen LogP contribution in [0.25, 0.3) is 0 Å². The van der Waals surface area contributed by atoms with Crippen LogP contribution in [0.2, 0.25) is 0 Å². The number of nitrogens with one attached hydrogen (secondary N) is 1. The second-order valence-electron chi connectivity index (χ2n) is 4.06. The zero-order valence-corrected chi connectivity index (χ0v) is 12.6. The van der Waals surface area contributed by atoms with Gasteiger partial charge in [0.1, 0.15) is 11.5 Å². The van der Waals surface area contributed by atoms with E-state index >= 15 is 0 Å². The number of carbonyl (C=O) groups is 1. The molecule has 1 aromatic heterocycles. The Bertz CT molecular complexity index is 513. The van der Waals surface area contributed by atoms with Crippen LogP contribution >= 0.6 is 11.3 Å². The fraction of sp³-hybridized carbons (Fsp3) is 0.462. The largest absolute Gasteiger partial charge is 0.384 e. The van der Waals surface area contributed by atoms with Gasteiger partial charge in [-0.1, -0.05) is 11.8 Å². The maximum absolute atomic E-state index is 12.0. The molecule has 0 spiro atoms. The van der Waals surface area contributed by atoms with Crippen LogP contribution in [0.4, 0.5) is 0 Å². The molecule has 1 rings (SSSR count). The molecule has 0 aromatic carbocycles. The molecule has 19 heavy (non-hydrogen) atoms. The predicted octanol–water partition coefficient (Wildman–Crippen LogP) is 0.979. The second kappa shape index (κ2) is 8.10. The lowest BCUT2D eigenvalue weighted by molar-refractivity contribution is 0.0943. The first-order chi connectivity index (χ1) is 9.04. The van der Waals surface area contributed by atoms with E-state index in [0.29, 0.717) is 22.6 Å². The van der Waals surface area contributed by atoms with Crippen LogP contribution in [0.3, 0.4) is 0 Å². The molecule has 0 saturated carbocycles. The normalized spacial score (nSPS) is 13.2. The van der Waals surface area contributed by atoms with E-state index in [9.17, 15) is 9.00 Å². The number of thiophene rings is 1. The van der Waals surface area contributed by atoms with Crippen molar-refractivity contribution in [2.45, 2.75) is 19.4 Å². The third-order valence-electron chi connectivity index (χ3n) is 2.39. The Kier molecular flexibility index (Phi) is 6.78. The van der Waals surface area contributed by atoms with E-state index in [1.807, 2.05) is 6.92 Å². The smallest absolute Gasteiger partial charge is 0.262 e. The van der Waals surface area contributed by atoms with E-state index in [4.69, 9.17) is 5.11 Å². The Morgan fingerprint density at radius 1 is 1.63 bits per heavy atom. The molecule has 0 fully saturated rings. The van der Waals surface area contributed by atoms with Gasteiger partial charge in [-0.25, -0.2) is 0 Å². The van der Waals surface area contributed by atoms with Gasteiger partial charge < -0.3 is 10.4 Å². The van der Waals surface area contributed by atoms with Gasteiger partial charge in [0.05, 0.1) is 0 Å². The fourth-order valence-corrected chi connectivity index (χ4v) is 2.86. The average molecular weight is 299 g/mol. The van der Waals surface area contributed by atoms with Crippen molar-refractivity contribution in [1.82, 2.24) is 5.32 Å². The highest BCUT2D eigenvalue weighted by molar-refractivity contribution is 7.84. The number of carbonyl (C=O) groups excluding carboxylic acids is 1. The summed E-state index contributed by atoms with van der Waals surface area (Å²) in [6.07, 6.45) is 2.33. The summed E-state index contributed by atoms with van der Waals surface area (Å²) in [5.74, 6) is 5.68. The molecule has 0 aliphatic heterocycles. The molecule has 104 valence electrons. The summed E-state index contributed by atoms with van der Waals surface area (Å²) < 4.78 is 11.0. The van der Waals surface area contributed by atoms with Crippen molar-refractivity contribution < 1.29 is 14.1 Å². The van der Waals surface area contributed by atoms with Gasteiger partial charge in [-0.2, -0.15) is 0 Å². The highest BCUT2D eigenvalue weighted by atomic mass is 32.2. The zero-order valence-electron chi connectivity index (χ0n) is 10.9. The summed E-state index contributed by atoms with van der Waals surface area (Å²) in [5, 5.41) is 13.3. The minimum Gasteiger partial charge on any atom is -0.384 e. The van der Waals surface area contributed by atoms with Crippen LogP contribution in [0.5, 0.6) is 0 Å². The quantitative estimate of drug-likeness (QED) is 0.797. The van der Waals surface area contributed by atoms with Crippen LogP contribution in [-0.4, -0.2) is 39.9 Å². The van der Waals surface area contributed by atoms with Crippen LogP contribution in [-0.2, 0) is 10.8 Å². The molecule has 0 radical (unpaired) electrons. The van der Waals surface area contributed by atoms with E-state index in [2.05, 4.69) is 17.2 Å². The minimum atomic E-state index is -0.845. The molecule has 0 aliphatic rings. The Morgan fingerprint density at radius 3 is 3.00 bits per heavy atom. The van der Waals surface area contributed by atoms with Crippen LogP contribution in [0.15, 0.2) is 11.4 Å². The molecule has 6 heteroatoms. The molecular weight excluding hydrogens is 282 g/mol. The van der Waals surface area contributed by atoms with Gasteiger partial charge in [-0.15, -0.1) is 11.3 Å². The summed E-state index contributed by atoms with van der Waals surface area (Å²) in [6.45, 7) is 1.66. The molecule has 0 saturated heterocycles. The number of hydrogen-bond donors (Lipinski definition) is 2. The maximum atomic E-state index is 12.0. The van der Waals surface area contributed by atoms with Crippen LogP contribution < -0.4 is 5.32 Å². The van der Waals surface area contributed by atoms with Crippen LogP contribution in [0, 0.1) is 11.8 Å². The van der Waals surface area contributed by atoms with Crippen molar-refractivity contribution in [3.05, 3.63) is 21.9 Å². The monoisotopic (exact) mass is 299 g/mol. The molecule has 2 N–H and O–H groups in total. The number of hydrogen-bond acceptors (Lipinski definition) is 4. The third kappa shape index (κ3) is 5.55. The lowest BCUT2D eigenvalue weighted by Crippen LogP contribution is -2.33. The number of aliphatic hydroxyl groups excluding tert-OH is 1. The Labute approximate surface area is 119 Å². The van der Waals surface area contributed by atoms with Crippen molar-refractivity contribution in [2.24, 2.45) is 0 Å². The topological polar surface area (TPSA) is 66.4 Å². The molecule has 4 nitrogen and oxygen atoms in total. The molecule has 0 bridgehead atoms. The Balaban J connectivity index is 2.63. The molecule has 2 unspecified atom stereocenters. The van der Waals surface area contributed by atoms with E-state index in [1.165, 1.54) is 11.3 Å². The zero-order chi connectivity index (χ0) is 14.3. The van der Waals surface area contributed by atoms with Gasteiger partial charge in [0.2, 0.25) is 0 Å². The van der Waals surface area contributed by atoms with Gasteiger partial charge in [0.25, 0.3) is 5.91 Å². The lowest BCUT2D eigenvalue weighted by atomic mass is 10.2. The predicted molar refractivity (Wildman–Crippen MR) is 78.8 cm³/mol. The van der Waals surface area contributed by atoms with Crippen LogP contribution in [0.1, 0.15) is 28.6 Å². The van der Waals surface area contributed by atoms with Crippen molar-refractivity contribution in [1.29, 1.82) is 0 Å². The highest BCUT2D eigenvalue weighted by Gasteiger charge is 2.14. The lowest BCUT2D eigenvalue weighted by Gasteiger charge is -2.12. The average Bonchev–Trinajstić information content (AvgIpc) is 2.82. The van der Waals surface area contributed by atoms with Gasteiger partial charge in [-0.05, 0) is 24.8 Å².